The molecule has 0 radical (unpaired) electrons. The molecule has 0 atom stereocenters. The van der Waals surface area contributed by atoms with Crippen molar-refractivity contribution in [2.75, 3.05) is 5.43 Å². The van der Waals surface area contributed by atoms with Crippen LogP contribution in [0.2, 0.25) is 0 Å². The zero-order chi connectivity index (χ0) is 16.0. The molecular formula is C16H14BrN3O2. The first-order valence-corrected chi connectivity index (χ1v) is 7.57. The molecule has 1 aliphatic rings. The molecule has 1 aromatic heterocycles. The van der Waals surface area contributed by atoms with Crippen LogP contribution in [0.25, 0.3) is 10.9 Å². The van der Waals surface area contributed by atoms with E-state index in [0.29, 0.717) is 17.0 Å². The summed E-state index contributed by atoms with van der Waals surface area (Å²) in [6.07, 6.45) is 0. The maximum absolute atomic E-state index is 12.1. The van der Waals surface area contributed by atoms with Gasteiger partial charge in [-0.05, 0) is 44.5 Å². The van der Waals surface area contributed by atoms with Crippen LogP contribution in [0.4, 0.5) is 5.82 Å². The third kappa shape index (κ3) is 2.29. The van der Waals surface area contributed by atoms with Crippen molar-refractivity contribution < 1.29 is 9.59 Å². The minimum Gasteiger partial charge on any atom is -0.271 e. The number of hydrazine groups is 1. The van der Waals surface area contributed by atoms with E-state index in [1.165, 1.54) is 0 Å². The second kappa shape index (κ2) is 5.21. The maximum Gasteiger partial charge on any atom is 0.275 e. The molecule has 0 fully saturated rings. The fourth-order valence-electron chi connectivity index (χ4n) is 2.40. The Hall–Kier alpha value is -2.21. The molecule has 0 saturated heterocycles. The number of nitrogens with zero attached hydrogens (tertiary/aromatic N) is 2. The molecule has 2 heterocycles. The highest BCUT2D eigenvalue weighted by Gasteiger charge is 2.34. The van der Waals surface area contributed by atoms with Gasteiger partial charge in [0.1, 0.15) is 5.82 Å². The first-order valence-electron chi connectivity index (χ1n) is 6.78. The lowest BCUT2D eigenvalue weighted by Crippen LogP contribution is -2.37. The van der Waals surface area contributed by atoms with Gasteiger partial charge in [-0.15, -0.1) is 0 Å². The van der Waals surface area contributed by atoms with E-state index in [2.05, 4.69) is 26.3 Å². The number of pyridine rings is 1. The molecule has 1 N–H and O–H groups in total. The second-order valence-corrected chi connectivity index (χ2v) is 6.21. The number of carbonyl (C=O) groups excluding carboxylic acids is 2. The zero-order valence-corrected chi connectivity index (χ0v) is 14.0. The van der Waals surface area contributed by atoms with Crippen molar-refractivity contribution in [3.8, 4) is 0 Å². The van der Waals surface area contributed by atoms with Crippen molar-refractivity contribution in [3.63, 3.8) is 0 Å². The van der Waals surface area contributed by atoms with Crippen LogP contribution in [-0.4, -0.2) is 21.8 Å². The van der Waals surface area contributed by atoms with Crippen molar-refractivity contribution in [3.05, 3.63) is 45.4 Å². The minimum atomic E-state index is -0.337. The van der Waals surface area contributed by atoms with Gasteiger partial charge in [-0.2, -0.15) is 5.01 Å². The smallest absolute Gasteiger partial charge is 0.271 e. The molecule has 22 heavy (non-hydrogen) atoms. The SMILES string of the molecule is CC1=C(C)C(=O)N(Nc2cc(C)c3ccc(Br)cc3n2)C1=O. The van der Waals surface area contributed by atoms with E-state index in [1.807, 2.05) is 31.2 Å². The molecule has 1 aromatic carbocycles. The van der Waals surface area contributed by atoms with Gasteiger partial charge < -0.3 is 0 Å². The lowest BCUT2D eigenvalue weighted by molar-refractivity contribution is -0.135. The average Bonchev–Trinajstić information content (AvgIpc) is 2.65. The Morgan fingerprint density at radius 2 is 1.68 bits per heavy atom. The van der Waals surface area contributed by atoms with Crippen molar-refractivity contribution in [2.24, 2.45) is 0 Å². The zero-order valence-electron chi connectivity index (χ0n) is 12.4. The molecule has 112 valence electrons. The summed E-state index contributed by atoms with van der Waals surface area (Å²) in [5.74, 6) is -0.208. The van der Waals surface area contributed by atoms with Gasteiger partial charge in [0.05, 0.1) is 5.52 Å². The molecule has 6 heteroatoms. The number of nitrogens with one attached hydrogen (secondary N) is 1. The van der Waals surface area contributed by atoms with E-state index in [-0.39, 0.29) is 11.8 Å². The molecule has 0 spiro atoms. The van der Waals surface area contributed by atoms with E-state index >= 15 is 0 Å². The standard InChI is InChI=1S/C16H14BrN3O2/c1-8-6-14(18-13-7-11(17)4-5-12(8)13)19-20-15(21)9(2)10(3)16(20)22/h4-7H,1-3H3,(H,18,19). The number of hydrogen-bond donors (Lipinski definition) is 1. The molecule has 2 amide bonds. The van der Waals surface area contributed by atoms with Crippen LogP contribution in [0.5, 0.6) is 0 Å². The average molecular weight is 360 g/mol. The predicted molar refractivity (Wildman–Crippen MR) is 88.0 cm³/mol. The molecule has 0 aliphatic carbocycles. The molecule has 0 bridgehead atoms. The van der Waals surface area contributed by atoms with E-state index in [9.17, 15) is 9.59 Å². The van der Waals surface area contributed by atoms with E-state index in [0.717, 1.165) is 25.9 Å². The fraction of sp³-hybridized carbons (Fsp3) is 0.188. The van der Waals surface area contributed by atoms with Crippen LogP contribution in [0.15, 0.2) is 39.9 Å². The fourth-order valence-corrected chi connectivity index (χ4v) is 2.75. The summed E-state index contributed by atoms with van der Waals surface area (Å²) < 4.78 is 0.922. The number of fused-ring (bicyclic) bond motifs is 1. The number of carbonyl (C=O) groups is 2. The number of hydrogen-bond acceptors (Lipinski definition) is 4. The molecule has 1 aliphatic heterocycles. The molecular weight excluding hydrogens is 346 g/mol. The number of benzene rings is 1. The van der Waals surface area contributed by atoms with E-state index in [1.54, 1.807) is 13.8 Å². The molecule has 0 unspecified atom stereocenters. The van der Waals surface area contributed by atoms with Gasteiger partial charge in [0.15, 0.2) is 0 Å². The summed E-state index contributed by atoms with van der Waals surface area (Å²) in [5, 5.41) is 2.04. The number of halogens is 1. The quantitative estimate of drug-likeness (QED) is 0.835. The number of aromatic nitrogens is 1. The van der Waals surface area contributed by atoms with Gasteiger partial charge in [-0.3, -0.25) is 15.0 Å². The Labute approximate surface area is 136 Å². The first-order chi connectivity index (χ1) is 10.4. The van der Waals surface area contributed by atoms with Crippen LogP contribution >= 0.6 is 15.9 Å². The number of amides is 2. The van der Waals surface area contributed by atoms with Gasteiger partial charge in [-0.25, -0.2) is 4.98 Å². The van der Waals surface area contributed by atoms with Crippen molar-refractivity contribution in [1.82, 2.24) is 9.99 Å². The summed E-state index contributed by atoms with van der Waals surface area (Å²) >= 11 is 3.42. The van der Waals surface area contributed by atoms with Crippen LogP contribution in [0.3, 0.4) is 0 Å². The monoisotopic (exact) mass is 359 g/mol. The third-order valence-electron chi connectivity index (χ3n) is 3.82. The Morgan fingerprint density at radius 1 is 1.05 bits per heavy atom. The Bertz CT molecular complexity index is 834. The lowest BCUT2D eigenvalue weighted by atomic mass is 10.1. The largest absolute Gasteiger partial charge is 0.275 e. The number of rotatable bonds is 2. The van der Waals surface area contributed by atoms with Gasteiger partial charge >= 0.3 is 0 Å². The van der Waals surface area contributed by atoms with Crippen molar-refractivity contribution in [1.29, 1.82) is 0 Å². The van der Waals surface area contributed by atoms with Crippen molar-refractivity contribution >= 4 is 44.5 Å². The second-order valence-electron chi connectivity index (χ2n) is 5.29. The number of anilines is 1. The lowest BCUT2D eigenvalue weighted by Gasteiger charge is -2.17. The highest BCUT2D eigenvalue weighted by Crippen LogP contribution is 2.25. The van der Waals surface area contributed by atoms with Crippen LogP contribution < -0.4 is 5.43 Å². The third-order valence-corrected chi connectivity index (χ3v) is 4.31. The topological polar surface area (TPSA) is 62.3 Å². The van der Waals surface area contributed by atoms with Gasteiger partial charge in [0.2, 0.25) is 0 Å². The van der Waals surface area contributed by atoms with Crippen LogP contribution in [0, 0.1) is 6.92 Å². The predicted octanol–water partition coefficient (Wildman–Crippen LogP) is 3.34. The van der Waals surface area contributed by atoms with Gasteiger partial charge in [-0.1, -0.05) is 22.0 Å². The van der Waals surface area contributed by atoms with Crippen molar-refractivity contribution in [2.45, 2.75) is 20.8 Å². The summed E-state index contributed by atoms with van der Waals surface area (Å²) in [6, 6.07) is 7.65. The normalized spacial score (nSPS) is 15.2. The van der Waals surface area contributed by atoms with E-state index < -0.39 is 0 Å². The summed E-state index contributed by atoms with van der Waals surface area (Å²) in [4.78, 5) is 28.6. The Morgan fingerprint density at radius 3 is 2.32 bits per heavy atom. The molecule has 5 nitrogen and oxygen atoms in total. The summed E-state index contributed by atoms with van der Waals surface area (Å²) in [6.45, 7) is 5.26. The maximum atomic E-state index is 12.1. The Balaban J connectivity index is 1.99. The minimum absolute atomic E-state index is 0.337. The summed E-state index contributed by atoms with van der Waals surface area (Å²) in [7, 11) is 0. The van der Waals surface area contributed by atoms with E-state index in [4.69, 9.17) is 0 Å². The highest BCUT2D eigenvalue weighted by atomic mass is 79.9. The van der Waals surface area contributed by atoms with Crippen LogP contribution in [0.1, 0.15) is 19.4 Å². The summed E-state index contributed by atoms with van der Waals surface area (Å²) in [5.41, 5.74) is 5.54. The van der Waals surface area contributed by atoms with Crippen LogP contribution in [-0.2, 0) is 9.59 Å². The molecule has 0 saturated carbocycles. The first kappa shape index (κ1) is 14.7. The number of aryl methyl sites for hydroxylation is 1. The highest BCUT2D eigenvalue weighted by molar-refractivity contribution is 9.10. The molecule has 2 aromatic rings. The molecule has 3 rings (SSSR count). The van der Waals surface area contributed by atoms with Gasteiger partial charge in [0.25, 0.3) is 11.8 Å². The Kier molecular flexibility index (Phi) is 3.48. The number of imide groups is 1. The van der Waals surface area contributed by atoms with Gasteiger partial charge in [0, 0.05) is 21.0 Å².